The van der Waals surface area contributed by atoms with E-state index in [0.717, 1.165) is 4.57 Å². The lowest BCUT2D eigenvalue weighted by Crippen LogP contribution is -2.23. The number of ketones is 1. The van der Waals surface area contributed by atoms with Crippen molar-refractivity contribution in [3.63, 3.8) is 0 Å². The molecule has 1 aromatic carbocycles. The minimum atomic E-state index is -1.33. The zero-order valence-electron chi connectivity index (χ0n) is 12.2. The number of nitrogens with zero attached hydrogens (tertiary/aromatic N) is 2. The summed E-state index contributed by atoms with van der Waals surface area (Å²) in [7, 11) is 0. The summed E-state index contributed by atoms with van der Waals surface area (Å²) in [5.74, 6) is -1.66. The van der Waals surface area contributed by atoms with Crippen molar-refractivity contribution in [3.8, 4) is 11.3 Å². The number of benzene rings is 1. The van der Waals surface area contributed by atoms with Gasteiger partial charge >= 0.3 is 10.8 Å². The van der Waals surface area contributed by atoms with Crippen LogP contribution in [-0.2, 0) is 4.79 Å². The van der Waals surface area contributed by atoms with Gasteiger partial charge in [0.1, 0.15) is 4.88 Å². The Morgan fingerprint density at radius 2 is 2.04 bits per heavy atom. The second kappa shape index (κ2) is 6.13. The van der Waals surface area contributed by atoms with E-state index in [1.807, 2.05) is 0 Å². The molecule has 1 heterocycles. The van der Waals surface area contributed by atoms with Gasteiger partial charge in [-0.15, -0.1) is 0 Å². The molecule has 0 radical (unpaired) electrons. The number of carboxylic acids is 1. The first kappa shape index (κ1) is 16.6. The van der Waals surface area contributed by atoms with Gasteiger partial charge in [0.05, 0.1) is 16.7 Å². The minimum Gasteiger partial charge on any atom is -0.477 e. The number of rotatable bonds is 5. The molecule has 0 aliphatic carbocycles. The van der Waals surface area contributed by atoms with E-state index in [-0.39, 0.29) is 27.6 Å². The Labute approximate surface area is 133 Å². The molecule has 120 valence electrons. The Kier molecular flexibility index (Phi) is 4.41. The Balaban J connectivity index is 2.81. The normalized spacial score (nSPS) is 11.9. The molecule has 0 fully saturated rings. The zero-order chi connectivity index (χ0) is 17.3. The Morgan fingerprint density at radius 3 is 2.57 bits per heavy atom. The highest BCUT2D eigenvalue weighted by Gasteiger charge is 2.26. The topological polar surface area (TPSA) is 120 Å². The molecule has 9 heteroatoms. The molecule has 0 spiro atoms. The van der Waals surface area contributed by atoms with Crippen molar-refractivity contribution in [3.05, 3.63) is 48.9 Å². The van der Waals surface area contributed by atoms with E-state index in [0.29, 0.717) is 11.3 Å². The van der Waals surface area contributed by atoms with Crippen LogP contribution >= 0.6 is 11.3 Å². The van der Waals surface area contributed by atoms with Crippen LogP contribution in [0, 0.1) is 10.1 Å². The predicted molar refractivity (Wildman–Crippen MR) is 83.0 cm³/mol. The summed E-state index contributed by atoms with van der Waals surface area (Å²) >= 11 is 0.490. The smallest absolute Gasteiger partial charge is 0.348 e. The molecule has 0 aliphatic heterocycles. The van der Waals surface area contributed by atoms with Gasteiger partial charge in [0.2, 0.25) is 0 Å². The van der Waals surface area contributed by atoms with E-state index in [1.165, 1.54) is 38.1 Å². The van der Waals surface area contributed by atoms with E-state index in [9.17, 15) is 29.6 Å². The van der Waals surface area contributed by atoms with Gasteiger partial charge in [0.25, 0.3) is 5.69 Å². The number of carbonyl (C=O) groups excluding carboxylic acids is 1. The van der Waals surface area contributed by atoms with Crippen molar-refractivity contribution < 1.29 is 19.6 Å². The highest BCUT2D eigenvalue weighted by atomic mass is 32.1. The molecule has 0 saturated heterocycles. The lowest BCUT2D eigenvalue weighted by Gasteiger charge is -2.13. The van der Waals surface area contributed by atoms with Gasteiger partial charge in [-0.3, -0.25) is 24.3 Å². The number of aromatic carboxylic acids is 1. The van der Waals surface area contributed by atoms with Crippen molar-refractivity contribution in [2.24, 2.45) is 0 Å². The Hall–Kier alpha value is -2.81. The van der Waals surface area contributed by atoms with Crippen molar-refractivity contribution in [2.75, 3.05) is 0 Å². The summed E-state index contributed by atoms with van der Waals surface area (Å²) in [5.41, 5.74) is -0.0403. The molecule has 2 aromatic rings. The Morgan fingerprint density at radius 1 is 1.39 bits per heavy atom. The SMILES string of the molecule is CC(=O)C(C)n1c(-c2cccc([N+](=O)[O-])c2)c(C(=O)O)sc1=O. The van der Waals surface area contributed by atoms with Crippen LogP contribution in [0.4, 0.5) is 5.69 Å². The number of carbonyl (C=O) groups is 2. The molecular weight excluding hydrogens is 324 g/mol. The van der Waals surface area contributed by atoms with Gasteiger partial charge in [-0.1, -0.05) is 23.5 Å². The second-order valence-electron chi connectivity index (χ2n) is 4.81. The van der Waals surface area contributed by atoms with Gasteiger partial charge in [-0.25, -0.2) is 4.79 Å². The van der Waals surface area contributed by atoms with Crippen molar-refractivity contribution in [1.29, 1.82) is 0 Å². The van der Waals surface area contributed by atoms with Crippen LogP contribution < -0.4 is 4.87 Å². The lowest BCUT2D eigenvalue weighted by atomic mass is 10.1. The van der Waals surface area contributed by atoms with Gasteiger partial charge < -0.3 is 5.11 Å². The largest absolute Gasteiger partial charge is 0.477 e. The fourth-order valence-corrected chi connectivity index (χ4v) is 3.02. The third-order valence-corrected chi connectivity index (χ3v) is 4.29. The molecule has 2 rings (SSSR count). The number of hydrogen-bond donors (Lipinski definition) is 1. The number of nitro benzene ring substituents is 1. The fourth-order valence-electron chi connectivity index (χ4n) is 2.10. The van der Waals surface area contributed by atoms with Gasteiger partial charge in [0.15, 0.2) is 5.78 Å². The van der Waals surface area contributed by atoms with Gasteiger partial charge in [-0.05, 0) is 13.8 Å². The zero-order valence-corrected chi connectivity index (χ0v) is 13.0. The number of hydrogen-bond acceptors (Lipinski definition) is 6. The van der Waals surface area contributed by atoms with Crippen LogP contribution in [0.25, 0.3) is 11.3 Å². The molecule has 1 aromatic heterocycles. The molecule has 0 bridgehead atoms. The quantitative estimate of drug-likeness (QED) is 0.661. The van der Waals surface area contributed by atoms with Crippen LogP contribution in [0.5, 0.6) is 0 Å². The van der Waals surface area contributed by atoms with Crippen molar-refractivity contribution >= 4 is 28.8 Å². The number of carboxylic acid groups (broad SMARTS) is 1. The third-order valence-electron chi connectivity index (χ3n) is 3.34. The maximum atomic E-state index is 12.1. The maximum Gasteiger partial charge on any atom is 0.348 e. The monoisotopic (exact) mass is 336 g/mol. The van der Waals surface area contributed by atoms with Crippen molar-refractivity contribution in [2.45, 2.75) is 19.9 Å². The third kappa shape index (κ3) is 3.04. The maximum absolute atomic E-state index is 12.1. The number of thiazole rings is 1. The molecule has 8 nitrogen and oxygen atoms in total. The summed E-state index contributed by atoms with van der Waals surface area (Å²) < 4.78 is 1.06. The standard InChI is InChI=1S/C14H12N2O6S/c1-7(8(2)17)15-11(12(13(18)19)23-14(15)20)9-4-3-5-10(6-9)16(21)22/h3-7H,1-2H3,(H,18,19). The molecular formula is C14H12N2O6S. The highest BCUT2D eigenvalue weighted by molar-refractivity contribution is 7.11. The molecule has 1 N–H and O–H groups in total. The molecule has 1 atom stereocenters. The average molecular weight is 336 g/mol. The van der Waals surface area contributed by atoms with Crippen LogP contribution in [-0.4, -0.2) is 26.3 Å². The fraction of sp³-hybridized carbons (Fsp3) is 0.214. The summed E-state index contributed by atoms with van der Waals surface area (Å²) in [6.07, 6.45) is 0. The van der Waals surface area contributed by atoms with Crippen molar-refractivity contribution in [1.82, 2.24) is 4.57 Å². The first-order valence-corrected chi connectivity index (χ1v) is 7.29. The predicted octanol–water partition coefficient (Wildman–Crippen LogP) is 2.33. The summed E-state index contributed by atoms with van der Waals surface area (Å²) in [6.45, 7) is 2.76. The molecule has 0 saturated carbocycles. The number of non-ortho nitro benzene ring substituents is 1. The van der Waals surface area contributed by atoms with Crippen LogP contribution in [0.1, 0.15) is 29.6 Å². The van der Waals surface area contributed by atoms with Crippen LogP contribution in [0.3, 0.4) is 0 Å². The van der Waals surface area contributed by atoms with Crippen LogP contribution in [0.15, 0.2) is 29.1 Å². The summed E-state index contributed by atoms with van der Waals surface area (Å²) in [4.78, 5) is 44.6. The Bertz CT molecular complexity index is 866. The highest BCUT2D eigenvalue weighted by Crippen LogP contribution is 2.31. The van der Waals surface area contributed by atoms with E-state index in [1.54, 1.807) is 0 Å². The molecule has 23 heavy (non-hydrogen) atoms. The van der Waals surface area contributed by atoms with E-state index < -0.39 is 21.8 Å². The molecule has 0 amide bonds. The first-order valence-electron chi connectivity index (χ1n) is 6.48. The summed E-state index contributed by atoms with van der Waals surface area (Å²) in [5, 5.41) is 20.2. The van der Waals surface area contributed by atoms with Gasteiger partial charge in [0, 0.05) is 17.7 Å². The summed E-state index contributed by atoms with van der Waals surface area (Å²) in [6, 6.07) is 4.42. The van der Waals surface area contributed by atoms with E-state index in [2.05, 4.69) is 0 Å². The lowest BCUT2D eigenvalue weighted by molar-refractivity contribution is -0.384. The average Bonchev–Trinajstić information content (AvgIpc) is 2.84. The van der Waals surface area contributed by atoms with Gasteiger partial charge in [-0.2, -0.15) is 0 Å². The van der Waals surface area contributed by atoms with Crippen LogP contribution in [0.2, 0.25) is 0 Å². The number of nitro groups is 1. The molecule has 0 aliphatic rings. The van der Waals surface area contributed by atoms with E-state index in [4.69, 9.17) is 0 Å². The van der Waals surface area contributed by atoms with E-state index >= 15 is 0 Å². The number of aromatic nitrogens is 1. The minimum absolute atomic E-state index is 0.00102. The second-order valence-corrected chi connectivity index (χ2v) is 5.78. The number of Topliss-reactive ketones (excluding diaryl/α,β-unsaturated/α-hetero) is 1. The molecule has 1 unspecified atom stereocenters. The first-order chi connectivity index (χ1) is 10.7.